The monoisotopic (exact) mass is 213 g/mol. The van der Waals surface area contributed by atoms with E-state index in [1.54, 1.807) is 29.0 Å². The van der Waals surface area contributed by atoms with Crippen molar-refractivity contribution < 1.29 is 4.92 Å². The first-order chi connectivity index (χ1) is 5.24. The second-order valence-corrected chi connectivity index (χ2v) is 2.98. The molecule has 1 aromatic carbocycles. The Kier molecular flexibility index (Phi) is 2.66. The summed E-state index contributed by atoms with van der Waals surface area (Å²) in [5.41, 5.74) is 1.31. The van der Waals surface area contributed by atoms with Crippen LogP contribution in [0.4, 0.5) is 5.69 Å². The van der Waals surface area contributed by atoms with Crippen molar-refractivity contribution >= 4 is 22.5 Å². The van der Waals surface area contributed by atoms with Gasteiger partial charge in [-0.05, 0) is 0 Å². The van der Waals surface area contributed by atoms with Gasteiger partial charge >= 0.3 is 72.6 Å². The number of non-ortho nitro benzene ring substituents is 1. The second-order valence-electron chi connectivity index (χ2n) is 2.13. The zero-order valence-corrected chi connectivity index (χ0v) is 8.28. The zero-order chi connectivity index (χ0) is 8.27. The molecule has 0 amide bonds. The van der Waals surface area contributed by atoms with Crippen molar-refractivity contribution in [3.8, 4) is 0 Å². The number of hydrogen-bond donors (Lipinski definition) is 0. The molecule has 0 fully saturated rings. The van der Waals surface area contributed by atoms with Crippen molar-refractivity contribution in [2.75, 3.05) is 0 Å². The van der Waals surface area contributed by atoms with Crippen molar-refractivity contribution in [1.29, 1.82) is 0 Å². The van der Waals surface area contributed by atoms with E-state index in [0.717, 1.165) is 10.8 Å². The summed E-state index contributed by atoms with van der Waals surface area (Å²) in [4.78, 5) is 9.83. The zero-order valence-electron chi connectivity index (χ0n) is 5.86. The summed E-state index contributed by atoms with van der Waals surface area (Å²) < 4.78 is 0. The summed E-state index contributed by atoms with van der Waals surface area (Å²) >= 11 is 1.60. The standard InChI is InChI=1S/C7H8AsNO2/c8-5-6-1-3-7(4-2-6)9(10)11/h1-4H,5,8H2. The Morgan fingerprint density at radius 1 is 1.36 bits per heavy atom. The van der Waals surface area contributed by atoms with Gasteiger partial charge < -0.3 is 0 Å². The summed E-state index contributed by atoms with van der Waals surface area (Å²) in [5, 5.41) is 11.2. The van der Waals surface area contributed by atoms with Gasteiger partial charge in [-0.3, -0.25) is 0 Å². The Labute approximate surface area is 73.1 Å². The topological polar surface area (TPSA) is 43.1 Å². The molecule has 1 rings (SSSR count). The van der Waals surface area contributed by atoms with Crippen LogP contribution in [0.25, 0.3) is 0 Å². The van der Waals surface area contributed by atoms with Crippen LogP contribution in [0.5, 0.6) is 0 Å². The predicted molar refractivity (Wildman–Crippen MR) is 45.3 cm³/mol. The third kappa shape index (κ3) is 2.05. The predicted octanol–water partition coefficient (Wildman–Crippen LogP) is 0.728. The van der Waals surface area contributed by atoms with E-state index >= 15 is 0 Å². The van der Waals surface area contributed by atoms with Gasteiger partial charge in [-0.1, -0.05) is 0 Å². The molecule has 0 aromatic heterocycles. The number of benzene rings is 1. The van der Waals surface area contributed by atoms with E-state index in [0.29, 0.717) is 0 Å². The Hall–Kier alpha value is -0.822. The van der Waals surface area contributed by atoms with E-state index < -0.39 is 0 Å². The van der Waals surface area contributed by atoms with Crippen molar-refractivity contribution in [3.63, 3.8) is 0 Å². The number of nitrogens with zero attached hydrogens (tertiary/aromatic N) is 1. The van der Waals surface area contributed by atoms with E-state index in [1.165, 1.54) is 12.1 Å². The Bertz CT molecular complexity index is 258. The Balaban J connectivity index is 2.91. The molecule has 0 aliphatic carbocycles. The van der Waals surface area contributed by atoms with Crippen molar-refractivity contribution in [3.05, 3.63) is 39.9 Å². The van der Waals surface area contributed by atoms with Gasteiger partial charge in [0.05, 0.1) is 0 Å². The minimum atomic E-state index is -0.384. The van der Waals surface area contributed by atoms with Gasteiger partial charge in [0.1, 0.15) is 0 Å². The molecule has 0 N–H and O–H groups in total. The van der Waals surface area contributed by atoms with E-state index in [9.17, 15) is 10.1 Å². The van der Waals surface area contributed by atoms with Crippen LogP contribution in [-0.4, -0.2) is 21.8 Å². The van der Waals surface area contributed by atoms with Crippen LogP contribution >= 0.6 is 0 Å². The maximum atomic E-state index is 10.2. The first-order valence-electron chi connectivity index (χ1n) is 3.17. The molecule has 4 heteroatoms. The Morgan fingerprint density at radius 2 is 1.91 bits per heavy atom. The van der Waals surface area contributed by atoms with Crippen LogP contribution < -0.4 is 0 Å². The molecule has 0 radical (unpaired) electrons. The van der Waals surface area contributed by atoms with E-state index in [4.69, 9.17) is 0 Å². The minimum absolute atomic E-state index is 0.162. The molecule has 0 spiro atoms. The third-order valence-electron chi connectivity index (χ3n) is 1.38. The van der Waals surface area contributed by atoms with Gasteiger partial charge in [0, 0.05) is 0 Å². The van der Waals surface area contributed by atoms with Crippen molar-refractivity contribution in [1.82, 2.24) is 0 Å². The van der Waals surface area contributed by atoms with Crippen LogP contribution in [0.15, 0.2) is 24.3 Å². The fraction of sp³-hybridized carbons (Fsp3) is 0.143. The van der Waals surface area contributed by atoms with Crippen LogP contribution in [0, 0.1) is 10.1 Å². The molecule has 58 valence electrons. The molecule has 1 aromatic rings. The molecule has 11 heavy (non-hydrogen) atoms. The molecule has 0 aliphatic rings. The van der Waals surface area contributed by atoms with E-state index in [1.807, 2.05) is 0 Å². The second kappa shape index (κ2) is 3.53. The average Bonchev–Trinajstić information content (AvgIpc) is 2.05. The van der Waals surface area contributed by atoms with E-state index in [-0.39, 0.29) is 10.6 Å². The van der Waals surface area contributed by atoms with Gasteiger partial charge in [-0.25, -0.2) is 0 Å². The summed E-state index contributed by atoms with van der Waals surface area (Å²) in [7, 11) is 0. The van der Waals surface area contributed by atoms with Crippen LogP contribution in [-0.2, 0) is 5.21 Å². The molecule has 3 nitrogen and oxygen atoms in total. The molecular formula is C7H8AsNO2. The quantitative estimate of drug-likeness (QED) is 0.413. The first kappa shape index (κ1) is 8.28. The van der Waals surface area contributed by atoms with Crippen LogP contribution in [0.1, 0.15) is 5.56 Å². The van der Waals surface area contributed by atoms with Gasteiger partial charge in [0.2, 0.25) is 0 Å². The molecule has 0 heterocycles. The molecule has 0 saturated heterocycles. The molecular weight excluding hydrogens is 205 g/mol. The molecule has 0 saturated carbocycles. The summed E-state index contributed by atoms with van der Waals surface area (Å²) in [5.74, 6) is 0. The summed E-state index contributed by atoms with van der Waals surface area (Å²) in [6, 6.07) is 6.66. The number of nitro groups is 1. The third-order valence-corrected chi connectivity index (χ3v) is 2.37. The molecule has 1 unspecified atom stereocenters. The first-order valence-corrected chi connectivity index (χ1v) is 4.88. The number of rotatable bonds is 2. The van der Waals surface area contributed by atoms with Crippen molar-refractivity contribution in [2.45, 2.75) is 5.21 Å². The van der Waals surface area contributed by atoms with Gasteiger partial charge in [-0.2, -0.15) is 0 Å². The van der Waals surface area contributed by atoms with Gasteiger partial charge in [0.15, 0.2) is 0 Å². The summed E-state index contributed by atoms with van der Waals surface area (Å²) in [6.45, 7) is 0. The molecule has 1 atom stereocenters. The average molecular weight is 213 g/mol. The fourth-order valence-electron chi connectivity index (χ4n) is 0.754. The van der Waals surface area contributed by atoms with Gasteiger partial charge in [0.25, 0.3) is 0 Å². The molecule has 0 bridgehead atoms. The SMILES string of the molecule is O=[N+]([O-])c1ccc(C[AsH2])cc1. The van der Waals surface area contributed by atoms with Crippen molar-refractivity contribution in [2.24, 2.45) is 0 Å². The van der Waals surface area contributed by atoms with Crippen LogP contribution in [0.2, 0.25) is 0 Å². The normalized spacial score (nSPS) is 9.55. The van der Waals surface area contributed by atoms with Gasteiger partial charge in [-0.15, -0.1) is 0 Å². The number of nitro benzene ring substituents is 1. The van der Waals surface area contributed by atoms with Crippen LogP contribution in [0.3, 0.4) is 0 Å². The molecule has 0 aliphatic heterocycles. The summed E-state index contributed by atoms with van der Waals surface area (Å²) in [6.07, 6.45) is 0. The van der Waals surface area contributed by atoms with E-state index in [2.05, 4.69) is 0 Å². The Morgan fingerprint density at radius 3 is 2.27 bits per heavy atom. The fourth-order valence-corrected chi connectivity index (χ4v) is 1.32. The number of hydrogen-bond acceptors (Lipinski definition) is 2. The maximum absolute atomic E-state index is 10.2.